The molecule has 21 heavy (non-hydrogen) atoms. The van der Waals surface area contributed by atoms with Gasteiger partial charge in [-0.15, -0.1) is 6.42 Å². The van der Waals surface area contributed by atoms with Gasteiger partial charge in [0.15, 0.2) is 6.10 Å². The van der Waals surface area contributed by atoms with Crippen LogP contribution in [0.25, 0.3) is 0 Å². The van der Waals surface area contributed by atoms with E-state index in [-0.39, 0.29) is 23.9 Å². The zero-order chi connectivity index (χ0) is 15.8. The van der Waals surface area contributed by atoms with Gasteiger partial charge in [-0.25, -0.2) is 4.39 Å². The summed E-state index contributed by atoms with van der Waals surface area (Å²) in [6, 6.07) is 3.56. The summed E-state index contributed by atoms with van der Waals surface area (Å²) in [5.41, 5.74) is 0. The molecule has 0 aromatic heterocycles. The lowest BCUT2D eigenvalue weighted by Gasteiger charge is -2.15. The zero-order valence-corrected chi connectivity index (χ0v) is 12.0. The average Bonchev–Trinajstić information content (AvgIpc) is 2.45. The minimum absolute atomic E-state index is 0.0569. The second-order valence-electron chi connectivity index (χ2n) is 4.03. The summed E-state index contributed by atoms with van der Waals surface area (Å²) in [6.07, 6.45) is 4.09. The highest BCUT2D eigenvalue weighted by Crippen LogP contribution is 2.25. The third-order valence-corrected chi connectivity index (χ3v) is 2.67. The lowest BCUT2D eigenvalue weighted by atomic mass is 10.3. The molecule has 0 bridgehead atoms. The molecule has 0 spiro atoms. The minimum atomic E-state index is -0.895. The van der Waals surface area contributed by atoms with E-state index >= 15 is 0 Å². The van der Waals surface area contributed by atoms with Crippen LogP contribution >= 0.6 is 11.6 Å². The van der Waals surface area contributed by atoms with E-state index in [1.807, 2.05) is 0 Å². The first-order valence-corrected chi connectivity index (χ1v) is 6.41. The largest absolute Gasteiger partial charge is 0.479 e. The number of amides is 2. The van der Waals surface area contributed by atoms with Gasteiger partial charge in [-0.3, -0.25) is 9.59 Å². The summed E-state index contributed by atoms with van der Waals surface area (Å²) < 4.78 is 18.2. The van der Waals surface area contributed by atoms with Gasteiger partial charge in [-0.1, -0.05) is 17.5 Å². The topological polar surface area (TPSA) is 67.4 Å². The van der Waals surface area contributed by atoms with Crippen LogP contribution in [0.4, 0.5) is 4.39 Å². The second-order valence-corrected chi connectivity index (χ2v) is 4.44. The van der Waals surface area contributed by atoms with Crippen LogP contribution in [0.1, 0.15) is 6.92 Å². The van der Waals surface area contributed by atoms with Crippen LogP contribution in [0.5, 0.6) is 5.75 Å². The fourth-order valence-electron chi connectivity index (χ4n) is 1.34. The van der Waals surface area contributed by atoms with E-state index in [0.29, 0.717) is 0 Å². The maximum absolute atomic E-state index is 12.9. The Morgan fingerprint density at radius 1 is 1.48 bits per heavy atom. The number of hydrogen-bond donors (Lipinski definition) is 2. The zero-order valence-electron chi connectivity index (χ0n) is 11.3. The summed E-state index contributed by atoms with van der Waals surface area (Å²) in [4.78, 5) is 23.0. The van der Waals surface area contributed by atoms with E-state index in [1.54, 1.807) is 0 Å². The van der Waals surface area contributed by atoms with Crippen molar-refractivity contribution in [2.24, 2.45) is 0 Å². The first kappa shape index (κ1) is 16.8. The number of ether oxygens (including phenoxy) is 1. The molecule has 5 nitrogen and oxygen atoms in total. The second kappa shape index (κ2) is 8.12. The maximum Gasteiger partial charge on any atom is 0.261 e. The molecule has 0 fully saturated rings. The van der Waals surface area contributed by atoms with Crippen LogP contribution in [-0.4, -0.2) is 31.0 Å². The van der Waals surface area contributed by atoms with Crippen LogP contribution in [0, 0.1) is 18.2 Å². The number of carbonyl (C=O) groups is 2. The molecular weight excluding hydrogens is 299 g/mol. The van der Waals surface area contributed by atoms with Gasteiger partial charge in [0.2, 0.25) is 5.91 Å². The minimum Gasteiger partial charge on any atom is -0.479 e. The number of halogens is 2. The van der Waals surface area contributed by atoms with Gasteiger partial charge in [-0.05, 0) is 25.1 Å². The molecule has 112 valence electrons. The van der Waals surface area contributed by atoms with Gasteiger partial charge in [0.05, 0.1) is 18.1 Å². The molecule has 1 rings (SSSR count). The lowest BCUT2D eigenvalue weighted by molar-refractivity contribution is -0.130. The molecule has 1 aromatic rings. The fraction of sp³-hybridized carbons (Fsp3) is 0.286. The molecular formula is C14H14ClFN2O3. The first-order chi connectivity index (χ1) is 9.93. The third kappa shape index (κ3) is 5.71. The smallest absolute Gasteiger partial charge is 0.261 e. The normalized spacial score (nSPS) is 11.1. The summed E-state index contributed by atoms with van der Waals surface area (Å²) in [5, 5.41) is 4.84. The van der Waals surface area contributed by atoms with E-state index < -0.39 is 23.7 Å². The van der Waals surface area contributed by atoms with Gasteiger partial charge in [-0.2, -0.15) is 0 Å². The molecule has 0 heterocycles. The van der Waals surface area contributed by atoms with E-state index in [4.69, 9.17) is 22.8 Å². The van der Waals surface area contributed by atoms with E-state index in [1.165, 1.54) is 19.1 Å². The number of benzene rings is 1. The highest BCUT2D eigenvalue weighted by atomic mass is 35.5. The van der Waals surface area contributed by atoms with Crippen molar-refractivity contribution in [3.05, 3.63) is 29.0 Å². The molecule has 1 atom stereocenters. The van der Waals surface area contributed by atoms with Crippen LogP contribution in [-0.2, 0) is 9.59 Å². The van der Waals surface area contributed by atoms with Gasteiger partial charge < -0.3 is 15.4 Å². The molecule has 1 unspecified atom stereocenters. The Morgan fingerprint density at radius 2 is 2.19 bits per heavy atom. The number of nitrogens with one attached hydrogen (secondary N) is 2. The molecule has 0 aliphatic carbocycles. The van der Waals surface area contributed by atoms with Gasteiger partial charge in [0.25, 0.3) is 5.91 Å². The molecule has 0 aliphatic heterocycles. The summed E-state index contributed by atoms with van der Waals surface area (Å²) in [7, 11) is 0. The van der Waals surface area contributed by atoms with Gasteiger partial charge >= 0.3 is 0 Å². The standard InChI is InChI=1S/C14H14ClFN2O3/c1-3-6-17-13(19)8-18-14(20)9(2)21-12-5-4-10(16)7-11(12)15/h1,4-5,7,9H,6,8H2,2H3,(H,17,19)(H,18,20). The van der Waals surface area contributed by atoms with E-state index in [0.717, 1.165) is 6.07 Å². The van der Waals surface area contributed by atoms with Crippen molar-refractivity contribution < 1.29 is 18.7 Å². The quantitative estimate of drug-likeness (QED) is 0.773. The van der Waals surface area contributed by atoms with E-state index in [9.17, 15) is 14.0 Å². The third-order valence-electron chi connectivity index (χ3n) is 2.38. The Hall–Kier alpha value is -2.26. The van der Waals surface area contributed by atoms with Crippen molar-refractivity contribution in [3.8, 4) is 18.1 Å². The molecule has 7 heteroatoms. The summed E-state index contributed by atoms with van der Waals surface area (Å²) in [6.45, 7) is 1.35. The Kier molecular flexibility index (Phi) is 6.50. The summed E-state index contributed by atoms with van der Waals surface area (Å²) >= 11 is 5.78. The Labute approximate surface area is 126 Å². The molecule has 2 N–H and O–H groups in total. The van der Waals surface area contributed by atoms with Gasteiger partial charge in [0.1, 0.15) is 11.6 Å². The molecule has 1 aromatic carbocycles. The SMILES string of the molecule is C#CCNC(=O)CNC(=O)C(C)Oc1ccc(F)cc1Cl. The van der Waals surface area contributed by atoms with Gasteiger partial charge in [0, 0.05) is 0 Å². The van der Waals surface area contributed by atoms with Crippen molar-refractivity contribution in [3.63, 3.8) is 0 Å². The lowest BCUT2D eigenvalue weighted by Crippen LogP contribution is -2.42. The number of terminal acetylenes is 1. The monoisotopic (exact) mass is 312 g/mol. The van der Waals surface area contributed by atoms with Crippen LogP contribution < -0.4 is 15.4 Å². The Bertz CT molecular complexity index is 572. The molecule has 0 saturated heterocycles. The average molecular weight is 313 g/mol. The number of rotatable bonds is 6. The molecule has 0 saturated carbocycles. The van der Waals surface area contributed by atoms with Crippen LogP contribution in [0.15, 0.2) is 18.2 Å². The predicted molar refractivity (Wildman–Crippen MR) is 76.4 cm³/mol. The van der Waals surface area contributed by atoms with Crippen molar-refractivity contribution >= 4 is 23.4 Å². The molecule has 2 amide bonds. The highest BCUT2D eigenvalue weighted by Gasteiger charge is 2.17. The predicted octanol–water partition coefficient (Wildman–Crippen LogP) is 1.11. The number of hydrogen-bond acceptors (Lipinski definition) is 3. The fourth-order valence-corrected chi connectivity index (χ4v) is 1.55. The summed E-state index contributed by atoms with van der Waals surface area (Å²) in [5.74, 6) is 0.994. The van der Waals surface area contributed by atoms with Crippen molar-refractivity contribution in [1.82, 2.24) is 10.6 Å². The Balaban J connectivity index is 2.48. The first-order valence-electron chi connectivity index (χ1n) is 6.03. The maximum atomic E-state index is 12.9. The van der Waals surface area contributed by atoms with Crippen molar-refractivity contribution in [2.45, 2.75) is 13.0 Å². The van der Waals surface area contributed by atoms with Crippen LogP contribution in [0.2, 0.25) is 5.02 Å². The highest BCUT2D eigenvalue weighted by molar-refractivity contribution is 6.32. The van der Waals surface area contributed by atoms with Crippen molar-refractivity contribution in [1.29, 1.82) is 0 Å². The Morgan fingerprint density at radius 3 is 2.81 bits per heavy atom. The number of carbonyl (C=O) groups excluding carboxylic acids is 2. The van der Waals surface area contributed by atoms with Crippen LogP contribution in [0.3, 0.4) is 0 Å². The van der Waals surface area contributed by atoms with E-state index in [2.05, 4.69) is 16.6 Å². The molecule has 0 radical (unpaired) electrons. The molecule has 0 aliphatic rings. The van der Waals surface area contributed by atoms with Crippen molar-refractivity contribution in [2.75, 3.05) is 13.1 Å².